The fourth-order valence-corrected chi connectivity index (χ4v) is 2.82. The van der Waals surface area contributed by atoms with Gasteiger partial charge in [0.25, 0.3) is 0 Å². The van der Waals surface area contributed by atoms with E-state index in [0.717, 1.165) is 30.7 Å². The van der Waals surface area contributed by atoms with Gasteiger partial charge in [-0.3, -0.25) is 4.79 Å². The molecule has 2 heteroatoms. The predicted molar refractivity (Wildman–Crippen MR) is 71.3 cm³/mol. The first-order valence-electron chi connectivity index (χ1n) is 6.28. The van der Waals surface area contributed by atoms with Crippen LogP contribution in [0.4, 0.5) is 0 Å². The van der Waals surface area contributed by atoms with Gasteiger partial charge in [-0.15, -0.1) is 0 Å². The monoisotopic (exact) mass is 250 g/mol. The molecule has 0 aliphatic heterocycles. The Morgan fingerprint density at radius 2 is 1.94 bits per heavy atom. The Morgan fingerprint density at radius 3 is 2.59 bits per heavy atom. The van der Waals surface area contributed by atoms with Crippen LogP contribution in [0.25, 0.3) is 0 Å². The molecule has 0 aromatic heterocycles. The van der Waals surface area contributed by atoms with Crippen molar-refractivity contribution in [3.63, 3.8) is 0 Å². The molecule has 2 rings (SSSR count). The third-order valence-corrected chi connectivity index (χ3v) is 4.04. The lowest BCUT2D eigenvalue weighted by atomic mass is 9.69. The van der Waals surface area contributed by atoms with Crippen molar-refractivity contribution in [2.45, 2.75) is 39.5 Å². The lowest BCUT2D eigenvalue weighted by Crippen LogP contribution is -2.36. The number of halogens is 1. The molecule has 0 amide bonds. The van der Waals surface area contributed by atoms with E-state index >= 15 is 0 Å². The van der Waals surface area contributed by atoms with Gasteiger partial charge in [0.05, 0.1) is 0 Å². The Balaban J connectivity index is 2.08. The Labute approximate surface area is 108 Å². The Kier molecular flexibility index (Phi) is 3.58. The molecule has 92 valence electrons. The molecule has 1 aromatic carbocycles. The lowest BCUT2D eigenvalue weighted by molar-refractivity contribution is -0.134. The van der Waals surface area contributed by atoms with Gasteiger partial charge in [0.15, 0.2) is 0 Å². The molecule has 1 aliphatic rings. The van der Waals surface area contributed by atoms with Crippen LogP contribution in [-0.4, -0.2) is 5.78 Å². The van der Waals surface area contributed by atoms with Crippen molar-refractivity contribution in [1.29, 1.82) is 0 Å². The topological polar surface area (TPSA) is 17.1 Å². The minimum Gasteiger partial charge on any atom is -0.299 e. The van der Waals surface area contributed by atoms with E-state index in [1.54, 1.807) is 0 Å². The maximum absolute atomic E-state index is 12.3. The summed E-state index contributed by atoms with van der Waals surface area (Å²) < 4.78 is 0. The Morgan fingerprint density at radius 1 is 1.29 bits per heavy atom. The smallest absolute Gasteiger partial charge is 0.141 e. The minimum atomic E-state index is -0.130. The number of hydrogen-bond acceptors (Lipinski definition) is 1. The van der Waals surface area contributed by atoms with Gasteiger partial charge in [0.1, 0.15) is 5.78 Å². The summed E-state index contributed by atoms with van der Waals surface area (Å²) in [5, 5.41) is 0.754. The quantitative estimate of drug-likeness (QED) is 0.766. The summed E-state index contributed by atoms with van der Waals surface area (Å²) in [6.07, 6.45) is 4.09. The zero-order valence-electron chi connectivity index (χ0n) is 10.5. The standard InChI is InChI=1S/C15H19ClO/c1-15(2)9-3-4-12(14(15)17)10-11-5-7-13(16)8-6-11/h5-8,12H,3-4,9-10H2,1-2H3. The number of hydrogen-bond donors (Lipinski definition) is 0. The highest BCUT2D eigenvalue weighted by atomic mass is 35.5. The van der Waals surface area contributed by atoms with Gasteiger partial charge in [-0.05, 0) is 37.0 Å². The number of carbonyl (C=O) groups excluding carboxylic acids is 1. The van der Waals surface area contributed by atoms with Crippen LogP contribution in [0, 0.1) is 11.3 Å². The molecule has 1 aliphatic carbocycles. The molecule has 0 heterocycles. The van der Waals surface area contributed by atoms with Crippen molar-refractivity contribution in [3.8, 4) is 0 Å². The Hall–Kier alpha value is -0.820. The lowest BCUT2D eigenvalue weighted by Gasteiger charge is -2.33. The predicted octanol–water partition coefficient (Wildman–Crippen LogP) is 4.28. The van der Waals surface area contributed by atoms with Gasteiger partial charge in [-0.2, -0.15) is 0 Å². The molecule has 0 spiro atoms. The van der Waals surface area contributed by atoms with E-state index < -0.39 is 0 Å². The van der Waals surface area contributed by atoms with Crippen LogP contribution in [0.2, 0.25) is 5.02 Å². The third kappa shape index (κ3) is 2.90. The van der Waals surface area contributed by atoms with Crippen LogP contribution >= 0.6 is 11.6 Å². The molecule has 0 N–H and O–H groups in total. The highest BCUT2D eigenvalue weighted by molar-refractivity contribution is 6.30. The van der Waals surface area contributed by atoms with Crippen LogP contribution in [0.15, 0.2) is 24.3 Å². The fourth-order valence-electron chi connectivity index (χ4n) is 2.70. The first-order valence-corrected chi connectivity index (χ1v) is 6.65. The summed E-state index contributed by atoms with van der Waals surface area (Å²) in [6.45, 7) is 4.15. The van der Waals surface area contributed by atoms with E-state index in [2.05, 4.69) is 13.8 Å². The number of Topliss-reactive ketones (excluding diaryl/α,β-unsaturated/α-hetero) is 1. The van der Waals surface area contributed by atoms with Crippen molar-refractivity contribution >= 4 is 17.4 Å². The fraction of sp³-hybridized carbons (Fsp3) is 0.533. The molecule has 1 fully saturated rings. The summed E-state index contributed by atoms with van der Waals surface area (Å²) >= 11 is 5.86. The third-order valence-electron chi connectivity index (χ3n) is 3.79. The molecular weight excluding hydrogens is 232 g/mol. The highest BCUT2D eigenvalue weighted by Crippen LogP contribution is 2.36. The van der Waals surface area contributed by atoms with Gasteiger partial charge in [-0.25, -0.2) is 0 Å². The van der Waals surface area contributed by atoms with E-state index in [1.807, 2.05) is 24.3 Å². The molecule has 1 atom stereocenters. The second-order valence-electron chi connectivity index (χ2n) is 5.67. The van der Waals surface area contributed by atoms with Crippen LogP contribution in [0.1, 0.15) is 38.7 Å². The van der Waals surface area contributed by atoms with E-state index in [0.29, 0.717) is 5.78 Å². The van der Waals surface area contributed by atoms with Crippen LogP contribution < -0.4 is 0 Å². The zero-order chi connectivity index (χ0) is 12.5. The minimum absolute atomic E-state index is 0.130. The van der Waals surface area contributed by atoms with Gasteiger partial charge in [0.2, 0.25) is 0 Å². The van der Waals surface area contributed by atoms with Crippen molar-refractivity contribution in [2.75, 3.05) is 0 Å². The summed E-state index contributed by atoms with van der Waals surface area (Å²) in [4.78, 5) is 12.3. The average Bonchev–Trinajstić information content (AvgIpc) is 2.28. The Bertz CT molecular complexity index is 405. The molecule has 1 saturated carbocycles. The van der Waals surface area contributed by atoms with Crippen molar-refractivity contribution in [3.05, 3.63) is 34.9 Å². The molecule has 0 bridgehead atoms. The number of benzene rings is 1. The summed E-state index contributed by atoms with van der Waals surface area (Å²) in [6, 6.07) is 7.85. The zero-order valence-corrected chi connectivity index (χ0v) is 11.3. The summed E-state index contributed by atoms with van der Waals surface area (Å²) in [7, 11) is 0. The van der Waals surface area contributed by atoms with E-state index in [1.165, 1.54) is 5.56 Å². The van der Waals surface area contributed by atoms with Crippen molar-refractivity contribution in [2.24, 2.45) is 11.3 Å². The second-order valence-corrected chi connectivity index (χ2v) is 6.10. The van der Waals surface area contributed by atoms with E-state index in [4.69, 9.17) is 11.6 Å². The van der Waals surface area contributed by atoms with Gasteiger partial charge in [-0.1, -0.05) is 44.0 Å². The van der Waals surface area contributed by atoms with Gasteiger partial charge < -0.3 is 0 Å². The second kappa shape index (κ2) is 4.81. The SMILES string of the molecule is CC1(C)CCCC(Cc2ccc(Cl)cc2)C1=O. The normalized spacial score (nSPS) is 23.7. The van der Waals surface area contributed by atoms with Crippen molar-refractivity contribution < 1.29 is 4.79 Å². The maximum Gasteiger partial charge on any atom is 0.141 e. The molecule has 17 heavy (non-hydrogen) atoms. The van der Waals surface area contributed by atoms with Crippen molar-refractivity contribution in [1.82, 2.24) is 0 Å². The molecule has 0 radical (unpaired) electrons. The van der Waals surface area contributed by atoms with Gasteiger partial charge >= 0.3 is 0 Å². The summed E-state index contributed by atoms with van der Waals surface area (Å²) in [5.41, 5.74) is 1.08. The van der Waals surface area contributed by atoms with Gasteiger partial charge in [0, 0.05) is 16.4 Å². The first kappa shape index (κ1) is 12.6. The molecule has 0 saturated heterocycles. The average molecular weight is 251 g/mol. The number of carbonyl (C=O) groups is 1. The van der Waals surface area contributed by atoms with Crippen LogP contribution in [0.3, 0.4) is 0 Å². The molecule has 1 unspecified atom stereocenters. The van der Waals surface area contributed by atoms with Crippen LogP contribution in [0.5, 0.6) is 0 Å². The largest absolute Gasteiger partial charge is 0.299 e. The number of rotatable bonds is 2. The van der Waals surface area contributed by atoms with E-state index in [9.17, 15) is 4.79 Å². The summed E-state index contributed by atoms with van der Waals surface area (Å²) in [5.74, 6) is 0.624. The van der Waals surface area contributed by atoms with E-state index in [-0.39, 0.29) is 11.3 Å². The molecule has 1 nitrogen and oxygen atoms in total. The molecular formula is C15H19ClO. The maximum atomic E-state index is 12.3. The van der Waals surface area contributed by atoms with Crippen LogP contribution in [-0.2, 0) is 11.2 Å². The first-order chi connectivity index (χ1) is 7.99. The highest BCUT2D eigenvalue weighted by Gasteiger charge is 2.36. The molecule has 1 aromatic rings. The number of ketones is 1.